The predicted octanol–water partition coefficient (Wildman–Crippen LogP) is 1.58. The van der Waals surface area contributed by atoms with E-state index in [1.165, 1.54) is 0 Å². The van der Waals surface area contributed by atoms with Gasteiger partial charge in [0.25, 0.3) is 0 Å². The third-order valence-electron chi connectivity index (χ3n) is 2.33. The minimum atomic E-state index is 0.0563. The van der Waals surface area contributed by atoms with Gasteiger partial charge in [0.05, 0.1) is 0 Å². The van der Waals surface area contributed by atoms with Crippen molar-refractivity contribution in [1.29, 1.82) is 0 Å². The highest BCUT2D eigenvalue weighted by molar-refractivity contribution is 5.93. The number of hydrogen-bond acceptors (Lipinski definition) is 3. The molecule has 4 heteroatoms. The fraction of sp³-hybridized carbons (Fsp3) is 0.556. The molecular formula is C9H12N2O2. The van der Waals surface area contributed by atoms with Crippen molar-refractivity contribution in [2.75, 3.05) is 5.32 Å². The SMILES string of the molecule is Cc1cc(NC(=O)[C@H]2C[C@H]2C)no1. The molecule has 0 saturated heterocycles. The normalized spacial score (nSPS) is 25.7. The molecule has 13 heavy (non-hydrogen) atoms. The molecule has 2 rings (SSSR count). The number of rotatable bonds is 2. The maximum absolute atomic E-state index is 11.4. The molecule has 1 saturated carbocycles. The number of aromatic nitrogens is 1. The number of amides is 1. The molecule has 1 aromatic heterocycles. The van der Waals surface area contributed by atoms with Crippen LogP contribution in [0.25, 0.3) is 0 Å². The van der Waals surface area contributed by atoms with Crippen LogP contribution in [0.2, 0.25) is 0 Å². The lowest BCUT2D eigenvalue weighted by atomic mass is 10.3. The summed E-state index contributed by atoms with van der Waals surface area (Å²) < 4.78 is 4.83. The van der Waals surface area contributed by atoms with Gasteiger partial charge in [0.2, 0.25) is 5.91 Å². The molecule has 0 bridgehead atoms. The first-order valence-corrected chi connectivity index (χ1v) is 4.41. The molecule has 0 spiro atoms. The van der Waals surface area contributed by atoms with Crippen molar-refractivity contribution in [3.05, 3.63) is 11.8 Å². The van der Waals surface area contributed by atoms with Gasteiger partial charge in [-0.1, -0.05) is 12.1 Å². The Labute approximate surface area is 76.3 Å². The summed E-state index contributed by atoms with van der Waals surface area (Å²) in [7, 11) is 0. The minimum Gasteiger partial charge on any atom is -0.360 e. The quantitative estimate of drug-likeness (QED) is 0.751. The van der Waals surface area contributed by atoms with E-state index in [4.69, 9.17) is 4.52 Å². The summed E-state index contributed by atoms with van der Waals surface area (Å²) in [6.45, 7) is 3.86. The summed E-state index contributed by atoms with van der Waals surface area (Å²) in [6.07, 6.45) is 0.989. The van der Waals surface area contributed by atoms with E-state index in [1.54, 1.807) is 13.0 Å². The van der Waals surface area contributed by atoms with Crippen LogP contribution < -0.4 is 5.32 Å². The van der Waals surface area contributed by atoms with Crippen LogP contribution in [0.3, 0.4) is 0 Å². The lowest BCUT2D eigenvalue weighted by Crippen LogP contribution is -2.14. The van der Waals surface area contributed by atoms with E-state index < -0.39 is 0 Å². The van der Waals surface area contributed by atoms with Crippen LogP contribution in [0.1, 0.15) is 19.1 Å². The molecule has 0 radical (unpaired) electrons. The number of nitrogens with zero attached hydrogens (tertiary/aromatic N) is 1. The number of aryl methyl sites for hydroxylation is 1. The van der Waals surface area contributed by atoms with Crippen molar-refractivity contribution in [2.24, 2.45) is 11.8 Å². The lowest BCUT2D eigenvalue weighted by Gasteiger charge is -1.97. The van der Waals surface area contributed by atoms with Gasteiger partial charge in [0.15, 0.2) is 5.82 Å². The predicted molar refractivity (Wildman–Crippen MR) is 47.1 cm³/mol. The van der Waals surface area contributed by atoms with Gasteiger partial charge in [-0.25, -0.2) is 0 Å². The molecule has 1 N–H and O–H groups in total. The van der Waals surface area contributed by atoms with E-state index in [2.05, 4.69) is 17.4 Å². The fourth-order valence-electron chi connectivity index (χ4n) is 1.33. The monoisotopic (exact) mass is 180 g/mol. The fourth-order valence-corrected chi connectivity index (χ4v) is 1.33. The Balaban J connectivity index is 1.95. The van der Waals surface area contributed by atoms with Crippen LogP contribution in [-0.2, 0) is 4.79 Å². The maximum atomic E-state index is 11.4. The van der Waals surface area contributed by atoms with Crippen molar-refractivity contribution in [3.63, 3.8) is 0 Å². The van der Waals surface area contributed by atoms with Gasteiger partial charge in [-0.15, -0.1) is 0 Å². The molecule has 4 nitrogen and oxygen atoms in total. The molecule has 1 fully saturated rings. The van der Waals surface area contributed by atoms with Crippen LogP contribution in [0, 0.1) is 18.8 Å². The largest absolute Gasteiger partial charge is 0.360 e. The smallest absolute Gasteiger partial charge is 0.229 e. The highest BCUT2D eigenvalue weighted by Gasteiger charge is 2.39. The van der Waals surface area contributed by atoms with Gasteiger partial charge in [0.1, 0.15) is 5.76 Å². The highest BCUT2D eigenvalue weighted by Crippen LogP contribution is 2.38. The van der Waals surface area contributed by atoms with E-state index in [1.807, 2.05) is 0 Å². The Kier molecular flexibility index (Phi) is 1.83. The Morgan fingerprint density at radius 3 is 2.92 bits per heavy atom. The molecule has 70 valence electrons. The molecular weight excluding hydrogens is 168 g/mol. The Hall–Kier alpha value is -1.32. The molecule has 1 aliphatic rings. The van der Waals surface area contributed by atoms with E-state index >= 15 is 0 Å². The Bertz CT molecular complexity index is 332. The zero-order valence-corrected chi connectivity index (χ0v) is 7.70. The van der Waals surface area contributed by atoms with E-state index in [-0.39, 0.29) is 11.8 Å². The first-order valence-electron chi connectivity index (χ1n) is 4.41. The first kappa shape index (κ1) is 8.29. The van der Waals surface area contributed by atoms with Crippen LogP contribution >= 0.6 is 0 Å². The second-order valence-corrected chi connectivity index (χ2v) is 3.63. The van der Waals surface area contributed by atoms with Crippen LogP contribution in [0.5, 0.6) is 0 Å². The van der Waals surface area contributed by atoms with Crippen molar-refractivity contribution in [1.82, 2.24) is 5.16 Å². The summed E-state index contributed by atoms with van der Waals surface area (Å²) in [6, 6.07) is 1.71. The molecule has 1 aliphatic carbocycles. The molecule has 0 aromatic carbocycles. The van der Waals surface area contributed by atoms with Gasteiger partial charge in [-0.05, 0) is 19.3 Å². The molecule has 0 aliphatic heterocycles. The average molecular weight is 180 g/mol. The van der Waals surface area contributed by atoms with E-state index in [0.29, 0.717) is 17.5 Å². The molecule has 2 atom stereocenters. The maximum Gasteiger partial charge on any atom is 0.229 e. The average Bonchev–Trinajstić information content (AvgIpc) is 2.66. The molecule has 1 heterocycles. The number of carbonyl (C=O) groups is 1. The third-order valence-corrected chi connectivity index (χ3v) is 2.33. The van der Waals surface area contributed by atoms with Gasteiger partial charge >= 0.3 is 0 Å². The number of hydrogen-bond donors (Lipinski definition) is 1. The summed E-state index contributed by atoms with van der Waals surface area (Å²) in [5.41, 5.74) is 0. The molecule has 1 aromatic rings. The summed E-state index contributed by atoms with van der Waals surface area (Å²) in [5, 5.41) is 6.40. The second-order valence-electron chi connectivity index (χ2n) is 3.63. The summed E-state index contributed by atoms with van der Waals surface area (Å²) in [5.74, 6) is 1.98. The van der Waals surface area contributed by atoms with Crippen LogP contribution in [0.15, 0.2) is 10.6 Å². The summed E-state index contributed by atoms with van der Waals surface area (Å²) >= 11 is 0. The van der Waals surface area contributed by atoms with Gasteiger partial charge < -0.3 is 9.84 Å². The van der Waals surface area contributed by atoms with Gasteiger partial charge in [-0.3, -0.25) is 4.79 Å². The first-order chi connectivity index (χ1) is 6.16. The van der Waals surface area contributed by atoms with E-state index in [0.717, 1.165) is 6.42 Å². The third kappa shape index (κ3) is 1.71. The van der Waals surface area contributed by atoms with Crippen molar-refractivity contribution in [3.8, 4) is 0 Å². The lowest BCUT2D eigenvalue weighted by molar-refractivity contribution is -0.117. The number of anilines is 1. The number of nitrogens with one attached hydrogen (secondary N) is 1. The molecule has 0 unspecified atom stereocenters. The highest BCUT2D eigenvalue weighted by atomic mass is 16.5. The summed E-state index contributed by atoms with van der Waals surface area (Å²) in [4.78, 5) is 11.4. The van der Waals surface area contributed by atoms with Crippen LogP contribution in [-0.4, -0.2) is 11.1 Å². The Morgan fingerprint density at radius 2 is 2.46 bits per heavy atom. The Morgan fingerprint density at radius 1 is 1.77 bits per heavy atom. The zero-order chi connectivity index (χ0) is 9.42. The minimum absolute atomic E-state index is 0.0563. The van der Waals surface area contributed by atoms with E-state index in [9.17, 15) is 4.79 Å². The topological polar surface area (TPSA) is 55.1 Å². The second kappa shape index (κ2) is 2.87. The van der Waals surface area contributed by atoms with Crippen molar-refractivity contribution in [2.45, 2.75) is 20.3 Å². The number of carbonyl (C=O) groups excluding carboxylic acids is 1. The zero-order valence-electron chi connectivity index (χ0n) is 7.70. The molecule has 1 amide bonds. The van der Waals surface area contributed by atoms with Gasteiger partial charge in [0, 0.05) is 12.0 Å². The standard InChI is InChI=1S/C9H12N2O2/c1-5-3-7(5)9(12)10-8-4-6(2)13-11-8/h4-5,7H,3H2,1-2H3,(H,10,11,12)/t5-,7+/m1/s1. The van der Waals surface area contributed by atoms with Crippen molar-refractivity contribution < 1.29 is 9.32 Å². The van der Waals surface area contributed by atoms with Crippen LogP contribution in [0.4, 0.5) is 5.82 Å². The van der Waals surface area contributed by atoms with Crippen molar-refractivity contribution >= 4 is 11.7 Å². The van der Waals surface area contributed by atoms with Gasteiger partial charge in [-0.2, -0.15) is 0 Å².